The molecule has 0 aliphatic heterocycles. The Labute approximate surface area is 137 Å². The lowest BCUT2D eigenvalue weighted by molar-refractivity contribution is 0.236. The topological polar surface area (TPSA) is 63.9 Å². The second kappa shape index (κ2) is 7.85. The van der Waals surface area contributed by atoms with Crippen LogP contribution in [0, 0.1) is 0 Å². The quantitative estimate of drug-likeness (QED) is 0.824. The molecule has 126 valence electrons. The Morgan fingerprint density at radius 3 is 2.65 bits per heavy atom. The lowest BCUT2D eigenvalue weighted by Crippen LogP contribution is -2.40. The van der Waals surface area contributed by atoms with Crippen LogP contribution in [0.3, 0.4) is 0 Å². The smallest absolute Gasteiger partial charge is 0.315 e. The van der Waals surface area contributed by atoms with Crippen molar-refractivity contribution >= 4 is 6.03 Å². The van der Waals surface area contributed by atoms with E-state index < -0.39 is 0 Å². The lowest BCUT2D eigenvalue weighted by atomic mass is 10.1. The van der Waals surface area contributed by atoms with Crippen molar-refractivity contribution in [3.05, 3.63) is 42.0 Å². The maximum Gasteiger partial charge on any atom is 0.315 e. The zero-order chi connectivity index (χ0) is 16.8. The van der Waals surface area contributed by atoms with Gasteiger partial charge in [-0.2, -0.15) is 5.10 Å². The van der Waals surface area contributed by atoms with Crippen LogP contribution >= 0.6 is 0 Å². The van der Waals surface area contributed by atoms with Crippen molar-refractivity contribution in [1.29, 1.82) is 0 Å². The summed E-state index contributed by atoms with van der Waals surface area (Å²) in [5, 5.41) is 10.2. The highest BCUT2D eigenvalue weighted by Crippen LogP contribution is 2.06. The highest BCUT2D eigenvalue weighted by atomic mass is 16.2. The summed E-state index contributed by atoms with van der Waals surface area (Å²) in [6.07, 6.45) is 5.83. The van der Waals surface area contributed by atoms with Gasteiger partial charge in [0.1, 0.15) is 0 Å². The Morgan fingerprint density at radius 2 is 2.04 bits per heavy atom. The number of carbonyl (C=O) groups excluding carboxylic acids is 1. The lowest BCUT2D eigenvalue weighted by Gasteiger charge is -2.14. The van der Waals surface area contributed by atoms with Crippen LogP contribution in [0.15, 0.2) is 30.6 Å². The normalized spacial score (nSPS) is 12.4. The maximum absolute atomic E-state index is 11.9. The molecule has 0 radical (unpaired) electrons. The van der Waals surface area contributed by atoms with Gasteiger partial charge in [-0.05, 0) is 51.8 Å². The van der Waals surface area contributed by atoms with Crippen molar-refractivity contribution in [3.63, 3.8) is 0 Å². The van der Waals surface area contributed by atoms with Gasteiger partial charge in [0.05, 0.1) is 12.2 Å². The van der Waals surface area contributed by atoms with E-state index in [-0.39, 0.29) is 12.1 Å². The number of amides is 2. The van der Waals surface area contributed by atoms with Crippen molar-refractivity contribution in [2.75, 3.05) is 0 Å². The van der Waals surface area contributed by atoms with Crippen LogP contribution in [-0.4, -0.2) is 26.4 Å². The first kappa shape index (κ1) is 17.1. The zero-order valence-corrected chi connectivity index (χ0v) is 14.4. The van der Waals surface area contributed by atoms with Gasteiger partial charge in [0.2, 0.25) is 0 Å². The van der Waals surface area contributed by atoms with Gasteiger partial charge in [-0.15, -0.1) is 0 Å². The molecular formula is C17H27N5O. The molecule has 0 aliphatic rings. The number of hydrogen-bond donors (Lipinski definition) is 2. The van der Waals surface area contributed by atoms with Crippen LogP contribution in [0.25, 0.3) is 0 Å². The third-order valence-corrected chi connectivity index (χ3v) is 3.89. The molecular weight excluding hydrogens is 290 g/mol. The van der Waals surface area contributed by atoms with E-state index >= 15 is 0 Å². The monoisotopic (exact) mass is 317 g/mol. The first-order valence-electron chi connectivity index (χ1n) is 8.14. The molecule has 2 N–H and O–H groups in total. The van der Waals surface area contributed by atoms with Crippen LogP contribution < -0.4 is 10.6 Å². The number of carbonyl (C=O) groups is 1. The summed E-state index contributed by atoms with van der Waals surface area (Å²) in [6, 6.07) is 6.38. The van der Waals surface area contributed by atoms with E-state index in [0.717, 1.165) is 18.5 Å². The molecule has 2 amide bonds. The van der Waals surface area contributed by atoms with E-state index in [1.165, 1.54) is 5.69 Å². The third-order valence-electron chi connectivity index (χ3n) is 3.89. The summed E-state index contributed by atoms with van der Waals surface area (Å²) in [6.45, 7) is 6.61. The van der Waals surface area contributed by atoms with Gasteiger partial charge >= 0.3 is 6.03 Å². The molecule has 6 heteroatoms. The van der Waals surface area contributed by atoms with Crippen molar-refractivity contribution in [3.8, 4) is 0 Å². The average Bonchev–Trinajstić information content (AvgIpc) is 3.12. The molecule has 2 aromatic heterocycles. The molecule has 2 aromatic rings. The zero-order valence-electron chi connectivity index (χ0n) is 14.4. The molecule has 23 heavy (non-hydrogen) atoms. The first-order chi connectivity index (χ1) is 11.0. The molecule has 0 saturated heterocycles. The van der Waals surface area contributed by atoms with Gasteiger partial charge in [-0.1, -0.05) is 0 Å². The molecule has 6 nitrogen and oxygen atoms in total. The number of urea groups is 1. The number of nitrogens with one attached hydrogen (secondary N) is 2. The van der Waals surface area contributed by atoms with E-state index in [0.29, 0.717) is 12.6 Å². The predicted molar refractivity (Wildman–Crippen MR) is 91.2 cm³/mol. The van der Waals surface area contributed by atoms with Crippen LogP contribution in [-0.2, 0) is 20.0 Å². The largest absolute Gasteiger partial charge is 0.354 e. The van der Waals surface area contributed by atoms with Gasteiger partial charge in [0.15, 0.2) is 0 Å². The van der Waals surface area contributed by atoms with Crippen molar-refractivity contribution in [2.45, 2.75) is 52.2 Å². The molecule has 0 spiro atoms. The molecule has 0 bridgehead atoms. The van der Waals surface area contributed by atoms with Gasteiger partial charge in [-0.25, -0.2) is 4.79 Å². The summed E-state index contributed by atoms with van der Waals surface area (Å²) < 4.78 is 4.00. The Hall–Kier alpha value is -2.24. The average molecular weight is 317 g/mol. The van der Waals surface area contributed by atoms with Crippen molar-refractivity contribution in [2.24, 2.45) is 7.05 Å². The molecule has 0 unspecified atom stereocenters. The minimum absolute atomic E-state index is 0.123. The Balaban J connectivity index is 1.70. The second-order valence-corrected chi connectivity index (χ2v) is 6.26. The fraction of sp³-hybridized carbons (Fsp3) is 0.529. The summed E-state index contributed by atoms with van der Waals surface area (Å²) in [4.78, 5) is 11.9. The van der Waals surface area contributed by atoms with E-state index in [1.807, 2.05) is 43.2 Å². The van der Waals surface area contributed by atoms with Crippen molar-refractivity contribution < 1.29 is 4.79 Å². The number of nitrogens with zero attached hydrogens (tertiary/aromatic N) is 3. The van der Waals surface area contributed by atoms with Crippen LogP contribution in [0.2, 0.25) is 0 Å². The van der Waals surface area contributed by atoms with E-state index in [9.17, 15) is 4.79 Å². The van der Waals surface area contributed by atoms with Gasteiger partial charge in [0.25, 0.3) is 0 Å². The van der Waals surface area contributed by atoms with Crippen molar-refractivity contribution in [1.82, 2.24) is 25.0 Å². The minimum Gasteiger partial charge on any atom is -0.354 e. The Kier molecular flexibility index (Phi) is 5.84. The van der Waals surface area contributed by atoms with E-state index in [4.69, 9.17) is 0 Å². The standard InChI is InChI=1S/C17H27N5O/c1-13(2)22-11-9-15(20-22)12-18-17(23)19-14(3)7-8-16-6-5-10-21(16)4/h5-6,9-11,13-14H,7-8,12H2,1-4H3,(H2,18,19,23)/t14-/m1/s1. The van der Waals surface area contributed by atoms with Crippen LogP contribution in [0.4, 0.5) is 4.79 Å². The molecule has 2 rings (SSSR count). The summed E-state index contributed by atoms with van der Waals surface area (Å²) in [5.41, 5.74) is 2.14. The number of aromatic nitrogens is 3. The SMILES string of the molecule is CC(C)n1ccc(CNC(=O)N[C@H](C)CCc2cccn2C)n1. The highest BCUT2D eigenvalue weighted by Gasteiger charge is 2.09. The Bertz CT molecular complexity index is 628. The van der Waals surface area contributed by atoms with Gasteiger partial charge in [-0.3, -0.25) is 4.68 Å². The molecule has 0 aromatic carbocycles. The van der Waals surface area contributed by atoms with E-state index in [1.54, 1.807) is 0 Å². The highest BCUT2D eigenvalue weighted by molar-refractivity contribution is 5.74. The fourth-order valence-corrected chi connectivity index (χ4v) is 2.40. The first-order valence-corrected chi connectivity index (χ1v) is 8.14. The summed E-state index contributed by atoms with van der Waals surface area (Å²) in [7, 11) is 2.04. The number of hydrogen-bond acceptors (Lipinski definition) is 2. The molecule has 1 atom stereocenters. The summed E-state index contributed by atoms with van der Waals surface area (Å²) >= 11 is 0. The predicted octanol–water partition coefficient (Wildman–Crippen LogP) is 2.62. The summed E-state index contributed by atoms with van der Waals surface area (Å²) in [5.74, 6) is 0. The van der Waals surface area contributed by atoms with Gasteiger partial charge < -0.3 is 15.2 Å². The molecule has 0 fully saturated rings. The minimum atomic E-state index is -0.150. The van der Waals surface area contributed by atoms with Gasteiger partial charge in [0, 0.05) is 37.2 Å². The third kappa shape index (κ3) is 5.16. The Morgan fingerprint density at radius 1 is 1.26 bits per heavy atom. The maximum atomic E-state index is 11.9. The van der Waals surface area contributed by atoms with Crippen LogP contribution in [0.5, 0.6) is 0 Å². The molecule has 0 saturated carbocycles. The number of aryl methyl sites for hydroxylation is 2. The fourth-order valence-electron chi connectivity index (χ4n) is 2.40. The molecule has 0 aliphatic carbocycles. The molecule has 2 heterocycles. The second-order valence-electron chi connectivity index (χ2n) is 6.26. The number of rotatable bonds is 7. The van der Waals surface area contributed by atoms with Crippen LogP contribution in [0.1, 0.15) is 44.6 Å². The van der Waals surface area contributed by atoms with E-state index in [2.05, 4.69) is 40.2 Å².